The van der Waals surface area contributed by atoms with E-state index in [0.29, 0.717) is 12.5 Å². The van der Waals surface area contributed by atoms with Gasteiger partial charge in [-0.25, -0.2) is 0 Å². The van der Waals surface area contributed by atoms with E-state index in [1.165, 1.54) is 0 Å². The molecule has 118 valence electrons. The first-order chi connectivity index (χ1) is 10.1. The minimum absolute atomic E-state index is 0.0358. The van der Waals surface area contributed by atoms with Gasteiger partial charge in [0.2, 0.25) is 0 Å². The van der Waals surface area contributed by atoms with E-state index in [9.17, 15) is 4.79 Å². The molecule has 0 aromatic heterocycles. The van der Waals surface area contributed by atoms with Crippen molar-refractivity contribution in [3.8, 4) is 0 Å². The highest BCUT2D eigenvalue weighted by Gasteiger charge is 2.61. The molecule has 0 aromatic rings. The number of ether oxygens (including phenoxy) is 2. The van der Waals surface area contributed by atoms with E-state index in [0.717, 1.165) is 49.4 Å². The fourth-order valence-electron chi connectivity index (χ4n) is 3.44. The van der Waals surface area contributed by atoms with Crippen LogP contribution >= 0.6 is 0 Å². The van der Waals surface area contributed by atoms with E-state index < -0.39 is 0 Å². The van der Waals surface area contributed by atoms with Crippen LogP contribution in [0.5, 0.6) is 0 Å². The lowest BCUT2D eigenvalue weighted by atomic mass is 9.83. The molecule has 0 heterocycles. The molecule has 0 amide bonds. The largest absolute Gasteiger partial charge is 0.496 e. The molecule has 1 saturated carbocycles. The second-order valence-electron chi connectivity index (χ2n) is 5.86. The first-order valence-electron chi connectivity index (χ1n) is 7.93. The van der Waals surface area contributed by atoms with Crippen molar-refractivity contribution in [2.24, 2.45) is 11.3 Å². The summed E-state index contributed by atoms with van der Waals surface area (Å²) in [4.78, 5) is 12.0. The van der Waals surface area contributed by atoms with Crippen LogP contribution < -0.4 is 5.32 Å². The van der Waals surface area contributed by atoms with Gasteiger partial charge in [-0.15, -0.1) is 0 Å². The quantitative estimate of drug-likeness (QED) is 0.664. The Morgan fingerprint density at radius 1 is 1.48 bits per heavy atom. The summed E-state index contributed by atoms with van der Waals surface area (Å²) in [5.41, 5.74) is 1.99. The molecule has 2 aliphatic rings. The summed E-state index contributed by atoms with van der Waals surface area (Å²) in [7, 11) is 1.71. The summed E-state index contributed by atoms with van der Waals surface area (Å²) >= 11 is 0. The molecule has 4 heteroatoms. The van der Waals surface area contributed by atoms with Gasteiger partial charge < -0.3 is 14.8 Å². The normalized spacial score (nSPS) is 27.0. The fourth-order valence-corrected chi connectivity index (χ4v) is 3.44. The zero-order valence-corrected chi connectivity index (χ0v) is 13.6. The van der Waals surface area contributed by atoms with Gasteiger partial charge >= 0.3 is 0 Å². The number of rotatable bonds is 9. The maximum Gasteiger partial charge on any atom is 0.156 e. The zero-order valence-electron chi connectivity index (χ0n) is 13.6. The predicted molar refractivity (Wildman–Crippen MR) is 82.7 cm³/mol. The van der Waals surface area contributed by atoms with Crippen LogP contribution in [-0.4, -0.2) is 32.7 Å². The molecule has 0 radical (unpaired) electrons. The number of methoxy groups -OCH3 is 1. The Balaban J connectivity index is 2.21. The van der Waals surface area contributed by atoms with E-state index in [1.807, 2.05) is 13.0 Å². The topological polar surface area (TPSA) is 47.6 Å². The highest BCUT2D eigenvalue weighted by atomic mass is 16.5. The van der Waals surface area contributed by atoms with Gasteiger partial charge in [-0.1, -0.05) is 6.92 Å². The second kappa shape index (κ2) is 6.65. The average molecular weight is 293 g/mol. The molecule has 1 fully saturated rings. The Labute approximate surface area is 127 Å². The lowest BCUT2D eigenvalue weighted by Crippen LogP contribution is -2.26. The monoisotopic (exact) mass is 293 g/mol. The van der Waals surface area contributed by atoms with Crippen molar-refractivity contribution in [3.63, 3.8) is 0 Å². The van der Waals surface area contributed by atoms with Crippen molar-refractivity contribution >= 4 is 5.78 Å². The molecule has 21 heavy (non-hydrogen) atoms. The molecule has 2 unspecified atom stereocenters. The number of allylic oxidation sites excluding steroid dienone is 3. The molecular formula is C17H27NO3. The van der Waals surface area contributed by atoms with Crippen LogP contribution in [-0.2, 0) is 14.3 Å². The van der Waals surface area contributed by atoms with Gasteiger partial charge in [-0.3, -0.25) is 4.79 Å². The van der Waals surface area contributed by atoms with Gasteiger partial charge in [0.1, 0.15) is 5.76 Å². The molecule has 4 nitrogen and oxygen atoms in total. The van der Waals surface area contributed by atoms with Gasteiger partial charge in [0, 0.05) is 37.2 Å². The van der Waals surface area contributed by atoms with E-state index in [2.05, 4.69) is 12.2 Å². The molecule has 2 atom stereocenters. The highest BCUT2D eigenvalue weighted by Crippen LogP contribution is 2.65. The molecule has 2 rings (SSSR count). The van der Waals surface area contributed by atoms with Gasteiger partial charge in [-0.2, -0.15) is 0 Å². The smallest absolute Gasteiger partial charge is 0.156 e. The Morgan fingerprint density at radius 3 is 2.81 bits per heavy atom. The van der Waals surface area contributed by atoms with Gasteiger partial charge in [0.15, 0.2) is 5.78 Å². The Bertz CT molecular complexity index is 467. The van der Waals surface area contributed by atoms with Crippen LogP contribution in [0.3, 0.4) is 0 Å². The number of carbonyl (C=O) groups is 1. The van der Waals surface area contributed by atoms with Crippen LogP contribution in [0.25, 0.3) is 0 Å². The first-order valence-corrected chi connectivity index (χ1v) is 7.93. The summed E-state index contributed by atoms with van der Waals surface area (Å²) in [6.07, 6.45) is 4.99. The highest BCUT2D eigenvalue weighted by molar-refractivity contribution is 5.96. The minimum atomic E-state index is 0.0358. The Kier molecular flexibility index (Phi) is 5.09. The average Bonchev–Trinajstić information content (AvgIpc) is 3.21. The van der Waals surface area contributed by atoms with E-state index in [4.69, 9.17) is 9.47 Å². The van der Waals surface area contributed by atoms with E-state index in [-0.39, 0.29) is 11.2 Å². The molecule has 0 aliphatic heterocycles. The standard InChI is InChI=1S/C17H27NO3/c1-5-17-11-14(17)16(21-6-2)15(10-13(17)12(3)19)18-8-7-9-20-4/h10,14,18H,5-9,11H2,1-4H3. The number of ketones is 1. The Hall–Kier alpha value is -1.29. The zero-order chi connectivity index (χ0) is 15.5. The van der Waals surface area contributed by atoms with Crippen LogP contribution in [0.15, 0.2) is 23.1 Å². The maximum absolute atomic E-state index is 12.0. The SMILES string of the molecule is CCOC1=C(NCCCOC)C=C(C(C)=O)C2(CC)CC12. The van der Waals surface area contributed by atoms with Crippen molar-refractivity contribution in [2.45, 2.75) is 40.0 Å². The van der Waals surface area contributed by atoms with Crippen LogP contribution in [0, 0.1) is 11.3 Å². The van der Waals surface area contributed by atoms with Crippen LogP contribution in [0.2, 0.25) is 0 Å². The summed E-state index contributed by atoms with van der Waals surface area (Å²) in [5, 5.41) is 3.42. The summed E-state index contributed by atoms with van der Waals surface area (Å²) in [6.45, 7) is 8.07. The molecule has 0 saturated heterocycles. The van der Waals surface area contributed by atoms with E-state index >= 15 is 0 Å². The molecule has 0 aromatic carbocycles. The third kappa shape index (κ3) is 3.00. The fraction of sp³-hybridized carbons (Fsp3) is 0.706. The van der Waals surface area contributed by atoms with Crippen molar-refractivity contribution in [3.05, 3.63) is 23.1 Å². The molecule has 2 aliphatic carbocycles. The van der Waals surface area contributed by atoms with Crippen molar-refractivity contribution in [1.82, 2.24) is 5.32 Å². The number of nitrogens with one attached hydrogen (secondary N) is 1. The predicted octanol–water partition coefficient (Wildman–Crippen LogP) is 2.81. The van der Waals surface area contributed by atoms with Crippen molar-refractivity contribution in [1.29, 1.82) is 0 Å². The summed E-state index contributed by atoms with van der Waals surface area (Å²) < 4.78 is 11.0. The lowest BCUT2D eigenvalue weighted by Gasteiger charge is -2.26. The third-order valence-corrected chi connectivity index (χ3v) is 4.63. The number of Topliss-reactive ketones (excluding diaryl/α,β-unsaturated/α-hetero) is 1. The molecular weight excluding hydrogens is 266 g/mol. The van der Waals surface area contributed by atoms with Crippen LogP contribution in [0.4, 0.5) is 0 Å². The van der Waals surface area contributed by atoms with Gasteiger partial charge in [-0.05, 0) is 39.2 Å². The molecule has 1 N–H and O–H groups in total. The van der Waals surface area contributed by atoms with E-state index in [1.54, 1.807) is 14.0 Å². The van der Waals surface area contributed by atoms with Gasteiger partial charge in [0.25, 0.3) is 0 Å². The first kappa shape index (κ1) is 16.1. The van der Waals surface area contributed by atoms with Crippen molar-refractivity contribution < 1.29 is 14.3 Å². The lowest BCUT2D eigenvalue weighted by molar-refractivity contribution is -0.114. The number of carbonyl (C=O) groups excluding carboxylic acids is 1. The number of hydrogen-bond donors (Lipinski definition) is 1. The second-order valence-corrected chi connectivity index (χ2v) is 5.86. The Morgan fingerprint density at radius 2 is 2.24 bits per heavy atom. The molecule has 0 bridgehead atoms. The molecule has 0 spiro atoms. The summed E-state index contributed by atoms with van der Waals surface area (Å²) in [5.74, 6) is 1.60. The number of hydrogen-bond acceptors (Lipinski definition) is 4. The van der Waals surface area contributed by atoms with Crippen molar-refractivity contribution in [2.75, 3.05) is 26.9 Å². The third-order valence-electron chi connectivity index (χ3n) is 4.63. The maximum atomic E-state index is 12.0. The van der Waals surface area contributed by atoms with Gasteiger partial charge in [0.05, 0.1) is 12.3 Å². The summed E-state index contributed by atoms with van der Waals surface area (Å²) in [6, 6.07) is 0. The van der Waals surface area contributed by atoms with Crippen LogP contribution in [0.1, 0.15) is 40.0 Å². The number of fused-ring (bicyclic) bond motifs is 1. The minimum Gasteiger partial charge on any atom is -0.496 e.